The topological polar surface area (TPSA) is 98.0 Å². The van der Waals surface area contributed by atoms with Gasteiger partial charge >= 0.3 is 0 Å². The van der Waals surface area contributed by atoms with E-state index in [1.165, 1.54) is 0 Å². The average Bonchev–Trinajstić information content (AvgIpc) is 2.28. The molecular formula is C8H8N4O2S. The minimum Gasteiger partial charge on any atom is -0.257 e. The number of nitrogens with zero attached hydrogens (tertiary/aromatic N) is 2. The van der Waals surface area contributed by atoms with Crippen molar-refractivity contribution in [3.63, 3.8) is 0 Å². The van der Waals surface area contributed by atoms with Gasteiger partial charge in [0.05, 0.1) is 17.2 Å². The number of nitrogens with two attached hydrogens (primary N) is 1. The van der Waals surface area contributed by atoms with Crippen LogP contribution in [0.1, 0.15) is 0 Å². The molecule has 1 aromatic heterocycles. The Morgan fingerprint density at radius 3 is 2.53 bits per heavy atom. The molecule has 0 aliphatic heterocycles. The molecule has 2 aromatic rings. The summed E-state index contributed by atoms with van der Waals surface area (Å²) < 4.78 is 22.6. The van der Waals surface area contributed by atoms with Crippen LogP contribution in [0.4, 0.5) is 0 Å². The smallest absolute Gasteiger partial charge is 0.257 e. The molecule has 0 amide bonds. The van der Waals surface area contributed by atoms with Crippen LogP contribution in [0, 0.1) is 0 Å². The molecule has 0 aliphatic carbocycles. The molecule has 1 heterocycles. The van der Waals surface area contributed by atoms with Gasteiger partial charge in [-0.2, -0.15) is 0 Å². The molecule has 0 bridgehead atoms. The zero-order valence-electron chi connectivity index (χ0n) is 7.58. The number of para-hydroxylation sites is 2. The Morgan fingerprint density at radius 1 is 1.20 bits per heavy atom. The van der Waals surface area contributed by atoms with Crippen LogP contribution in [-0.2, 0) is 10.0 Å². The van der Waals surface area contributed by atoms with Crippen molar-refractivity contribution in [1.29, 1.82) is 0 Å². The number of nitrogens with one attached hydrogen (secondary N) is 1. The van der Waals surface area contributed by atoms with Crippen LogP contribution in [0.15, 0.2) is 35.5 Å². The van der Waals surface area contributed by atoms with Gasteiger partial charge in [-0.15, -0.1) is 4.83 Å². The largest absolute Gasteiger partial charge is 0.272 e. The fraction of sp³-hybridized carbons (Fsp3) is 0. The Labute approximate surface area is 86.2 Å². The number of hydrogen-bond donors (Lipinski definition) is 2. The molecule has 0 saturated heterocycles. The molecule has 0 unspecified atom stereocenters. The van der Waals surface area contributed by atoms with Crippen molar-refractivity contribution in [3.8, 4) is 0 Å². The first-order valence-electron chi connectivity index (χ1n) is 4.08. The summed E-state index contributed by atoms with van der Waals surface area (Å²) in [5.74, 6) is 4.88. The van der Waals surface area contributed by atoms with Crippen LogP contribution < -0.4 is 10.7 Å². The number of sulfonamides is 1. The lowest BCUT2D eigenvalue weighted by atomic mass is 10.3. The molecule has 15 heavy (non-hydrogen) atoms. The van der Waals surface area contributed by atoms with Crippen molar-refractivity contribution in [2.24, 2.45) is 5.84 Å². The summed E-state index contributed by atoms with van der Waals surface area (Å²) in [6.07, 6.45) is 1.16. The zero-order chi connectivity index (χ0) is 10.9. The quantitative estimate of drug-likeness (QED) is 0.543. The molecule has 6 nitrogen and oxygen atoms in total. The number of hydrazine groups is 1. The lowest BCUT2D eigenvalue weighted by Gasteiger charge is -2.01. The van der Waals surface area contributed by atoms with Gasteiger partial charge in [0, 0.05) is 0 Å². The Kier molecular flexibility index (Phi) is 2.35. The van der Waals surface area contributed by atoms with Crippen LogP contribution in [0.5, 0.6) is 0 Å². The summed E-state index contributed by atoms with van der Waals surface area (Å²) in [6, 6.07) is 6.97. The van der Waals surface area contributed by atoms with E-state index in [4.69, 9.17) is 5.84 Å². The summed E-state index contributed by atoms with van der Waals surface area (Å²) in [4.78, 5) is 9.57. The highest BCUT2D eigenvalue weighted by molar-refractivity contribution is 7.89. The van der Waals surface area contributed by atoms with Crippen molar-refractivity contribution in [1.82, 2.24) is 14.8 Å². The van der Waals surface area contributed by atoms with Gasteiger partial charge in [-0.1, -0.05) is 12.1 Å². The van der Waals surface area contributed by atoms with E-state index in [1.807, 2.05) is 0 Å². The molecule has 0 aliphatic rings. The van der Waals surface area contributed by atoms with Gasteiger partial charge in [-0.05, 0) is 12.1 Å². The van der Waals surface area contributed by atoms with Gasteiger partial charge in [0.2, 0.25) is 0 Å². The number of benzene rings is 1. The normalized spacial score (nSPS) is 11.8. The minimum absolute atomic E-state index is 0.191. The van der Waals surface area contributed by atoms with E-state index in [0.717, 1.165) is 6.20 Å². The molecule has 0 saturated carbocycles. The molecule has 7 heteroatoms. The molecular weight excluding hydrogens is 216 g/mol. The van der Waals surface area contributed by atoms with Crippen LogP contribution in [0.2, 0.25) is 0 Å². The monoisotopic (exact) mass is 224 g/mol. The van der Waals surface area contributed by atoms with E-state index >= 15 is 0 Å². The first kappa shape index (κ1) is 9.97. The van der Waals surface area contributed by atoms with Gasteiger partial charge in [0.25, 0.3) is 10.0 Å². The predicted octanol–water partition coefficient (Wildman–Crippen LogP) is -0.218. The van der Waals surface area contributed by atoms with Gasteiger partial charge in [-0.25, -0.2) is 13.4 Å². The van der Waals surface area contributed by atoms with Gasteiger partial charge in [-0.3, -0.25) is 10.8 Å². The van der Waals surface area contributed by atoms with Crippen LogP contribution in [-0.4, -0.2) is 18.4 Å². The highest BCUT2D eigenvalue weighted by atomic mass is 32.2. The summed E-state index contributed by atoms with van der Waals surface area (Å²) in [5, 5.41) is -0.191. The fourth-order valence-electron chi connectivity index (χ4n) is 1.13. The maximum absolute atomic E-state index is 11.3. The highest BCUT2D eigenvalue weighted by Gasteiger charge is 2.14. The number of rotatable bonds is 2. The Bertz CT molecular complexity index is 596. The van der Waals surface area contributed by atoms with E-state index in [2.05, 4.69) is 9.97 Å². The fourth-order valence-corrected chi connectivity index (χ4v) is 1.66. The molecule has 0 spiro atoms. The first-order valence-corrected chi connectivity index (χ1v) is 5.56. The lowest BCUT2D eigenvalue weighted by molar-refractivity contribution is 0.580. The van der Waals surface area contributed by atoms with Crippen molar-refractivity contribution in [3.05, 3.63) is 30.5 Å². The SMILES string of the molecule is NNS(=O)(=O)c1cnc2ccccc2n1. The van der Waals surface area contributed by atoms with E-state index in [9.17, 15) is 8.42 Å². The number of fused-ring (bicyclic) bond motifs is 1. The first-order chi connectivity index (χ1) is 7.13. The second-order valence-corrected chi connectivity index (χ2v) is 4.48. The predicted molar refractivity (Wildman–Crippen MR) is 54.0 cm³/mol. The second kappa shape index (κ2) is 3.54. The van der Waals surface area contributed by atoms with Crippen LogP contribution in [0.25, 0.3) is 11.0 Å². The average molecular weight is 224 g/mol. The van der Waals surface area contributed by atoms with Crippen LogP contribution >= 0.6 is 0 Å². The molecule has 0 radical (unpaired) electrons. The third-order valence-electron chi connectivity index (χ3n) is 1.86. The Morgan fingerprint density at radius 2 is 1.87 bits per heavy atom. The van der Waals surface area contributed by atoms with Gasteiger partial charge in [0.1, 0.15) is 0 Å². The van der Waals surface area contributed by atoms with E-state index in [-0.39, 0.29) is 5.03 Å². The second-order valence-electron chi connectivity index (χ2n) is 2.82. The van der Waals surface area contributed by atoms with Gasteiger partial charge in [0.15, 0.2) is 5.03 Å². The summed E-state index contributed by atoms with van der Waals surface area (Å²) in [5.41, 5.74) is 1.14. The Hall–Kier alpha value is -1.57. The van der Waals surface area contributed by atoms with Crippen molar-refractivity contribution in [2.75, 3.05) is 0 Å². The van der Waals surface area contributed by atoms with E-state index < -0.39 is 10.0 Å². The minimum atomic E-state index is -3.74. The molecule has 1 aromatic carbocycles. The van der Waals surface area contributed by atoms with Crippen molar-refractivity contribution >= 4 is 21.1 Å². The number of aromatic nitrogens is 2. The maximum atomic E-state index is 11.3. The summed E-state index contributed by atoms with van der Waals surface area (Å²) in [6.45, 7) is 0. The molecule has 0 fully saturated rings. The zero-order valence-corrected chi connectivity index (χ0v) is 8.40. The standard InChI is InChI=1S/C8H8N4O2S/c9-12-15(13,14)8-5-10-6-3-1-2-4-7(6)11-8/h1-5,12H,9H2. The third kappa shape index (κ3) is 1.80. The molecule has 0 atom stereocenters. The van der Waals surface area contributed by atoms with Crippen LogP contribution in [0.3, 0.4) is 0 Å². The van der Waals surface area contributed by atoms with E-state index in [0.29, 0.717) is 11.0 Å². The molecule has 78 valence electrons. The molecule has 2 rings (SSSR count). The third-order valence-corrected chi connectivity index (χ3v) is 2.91. The van der Waals surface area contributed by atoms with Crippen molar-refractivity contribution in [2.45, 2.75) is 5.03 Å². The Balaban J connectivity index is 2.67. The van der Waals surface area contributed by atoms with E-state index in [1.54, 1.807) is 29.1 Å². The van der Waals surface area contributed by atoms with Crippen molar-refractivity contribution < 1.29 is 8.42 Å². The molecule has 3 N–H and O–H groups in total. The lowest BCUT2D eigenvalue weighted by Crippen LogP contribution is -2.30. The summed E-state index contributed by atoms with van der Waals surface area (Å²) >= 11 is 0. The maximum Gasteiger partial charge on any atom is 0.272 e. The summed E-state index contributed by atoms with van der Waals surface area (Å²) in [7, 11) is -3.74. The van der Waals surface area contributed by atoms with Gasteiger partial charge < -0.3 is 0 Å². The number of hydrogen-bond acceptors (Lipinski definition) is 5. The highest BCUT2D eigenvalue weighted by Crippen LogP contribution is 2.10.